The molecule has 2 aromatic rings. The second-order valence-electron chi connectivity index (χ2n) is 6.83. The molecule has 0 spiro atoms. The molecule has 1 aliphatic heterocycles. The summed E-state index contributed by atoms with van der Waals surface area (Å²) >= 11 is 6.06. The Morgan fingerprint density at radius 1 is 1.21 bits per heavy atom. The van der Waals surface area contributed by atoms with Crippen molar-refractivity contribution in [2.24, 2.45) is 0 Å². The summed E-state index contributed by atoms with van der Waals surface area (Å²) < 4.78 is 11.9. The molecule has 8 heteroatoms. The van der Waals surface area contributed by atoms with Crippen LogP contribution in [0.25, 0.3) is 10.9 Å². The van der Waals surface area contributed by atoms with Gasteiger partial charge in [0.1, 0.15) is 5.56 Å². The highest BCUT2D eigenvalue weighted by atomic mass is 35.5. The highest BCUT2D eigenvalue weighted by Crippen LogP contribution is 2.37. The third kappa shape index (κ3) is 2.53. The predicted molar refractivity (Wildman–Crippen MR) is 92.3 cm³/mol. The Hall–Kier alpha value is -1.83. The molecule has 1 aromatic carbocycles. The number of hydrogen-bond donors (Lipinski definition) is 2. The van der Waals surface area contributed by atoms with E-state index in [4.69, 9.17) is 20.9 Å². The largest absolute Gasteiger partial charge is 0.496 e. The van der Waals surface area contributed by atoms with Crippen LogP contribution in [0.5, 0.6) is 0 Å². The number of carboxylic acid groups (broad SMARTS) is 1. The molecule has 0 saturated carbocycles. The molecule has 126 valence electrons. The Bertz CT molecular complexity index is 889. The number of nitrogens with one attached hydrogen (secondary N) is 1. The van der Waals surface area contributed by atoms with Crippen LogP contribution in [-0.2, 0) is 9.31 Å². The standard InChI is InChI=1S/C16H17BClNO5/c1-15(2)16(3,4)24-17(23-15)12-9-7-8(18)5-6-10(9)19-13(20)11(12)14(21)22/h5-7H,1-4H3,(H,19,20)(H,21,22). The first-order chi connectivity index (χ1) is 11.0. The molecular formula is C16H17BClNO5. The van der Waals surface area contributed by atoms with Crippen molar-refractivity contribution in [3.05, 3.63) is 39.1 Å². The highest BCUT2D eigenvalue weighted by molar-refractivity contribution is 6.66. The number of halogens is 1. The fourth-order valence-corrected chi connectivity index (χ4v) is 2.88. The number of carboxylic acids is 1. The summed E-state index contributed by atoms with van der Waals surface area (Å²) in [6.07, 6.45) is 0. The number of fused-ring (bicyclic) bond motifs is 1. The van der Waals surface area contributed by atoms with Gasteiger partial charge in [0.2, 0.25) is 0 Å². The van der Waals surface area contributed by atoms with Gasteiger partial charge in [0.05, 0.1) is 11.2 Å². The van der Waals surface area contributed by atoms with Crippen molar-refractivity contribution in [3.8, 4) is 0 Å². The third-order valence-electron chi connectivity index (χ3n) is 4.72. The molecule has 0 unspecified atom stereocenters. The second kappa shape index (κ2) is 5.34. The topological polar surface area (TPSA) is 88.6 Å². The second-order valence-corrected chi connectivity index (χ2v) is 7.26. The Morgan fingerprint density at radius 2 is 1.79 bits per heavy atom. The van der Waals surface area contributed by atoms with Crippen LogP contribution in [0, 0.1) is 0 Å². The van der Waals surface area contributed by atoms with E-state index in [1.54, 1.807) is 18.2 Å². The van der Waals surface area contributed by atoms with Crippen LogP contribution in [0.4, 0.5) is 0 Å². The lowest BCUT2D eigenvalue weighted by molar-refractivity contribution is 0.00578. The fourth-order valence-electron chi connectivity index (χ4n) is 2.71. The molecule has 2 N–H and O–H groups in total. The van der Waals surface area contributed by atoms with Gasteiger partial charge in [-0.1, -0.05) is 11.6 Å². The summed E-state index contributed by atoms with van der Waals surface area (Å²) in [6, 6.07) is 4.84. The zero-order chi connectivity index (χ0) is 17.9. The van der Waals surface area contributed by atoms with Crippen LogP contribution >= 0.6 is 11.6 Å². The molecule has 24 heavy (non-hydrogen) atoms. The molecule has 1 aliphatic rings. The van der Waals surface area contributed by atoms with Gasteiger partial charge in [0.15, 0.2) is 0 Å². The number of carbonyl (C=O) groups is 1. The van der Waals surface area contributed by atoms with Crippen LogP contribution in [0.2, 0.25) is 5.02 Å². The van der Waals surface area contributed by atoms with Crippen LogP contribution in [-0.4, -0.2) is 34.4 Å². The van der Waals surface area contributed by atoms with Crippen LogP contribution in [0.1, 0.15) is 38.1 Å². The quantitative estimate of drug-likeness (QED) is 0.811. The maximum Gasteiger partial charge on any atom is 0.496 e. The molecule has 0 amide bonds. The molecule has 0 bridgehead atoms. The van der Waals surface area contributed by atoms with E-state index in [0.29, 0.717) is 15.9 Å². The molecule has 0 radical (unpaired) electrons. The average molecular weight is 350 g/mol. The number of aromatic nitrogens is 1. The van der Waals surface area contributed by atoms with Gasteiger partial charge in [-0.2, -0.15) is 0 Å². The lowest BCUT2D eigenvalue weighted by Crippen LogP contribution is -2.43. The van der Waals surface area contributed by atoms with Crippen LogP contribution in [0.3, 0.4) is 0 Å². The Balaban J connectivity index is 2.33. The Morgan fingerprint density at radius 3 is 2.33 bits per heavy atom. The number of aromatic carboxylic acids is 1. The number of pyridine rings is 1. The van der Waals surface area contributed by atoms with Gasteiger partial charge in [0.25, 0.3) is 5.56 Å². The maximum atomic E-state index is 12.3. The fraction of sp³-hybridized carbons (Fsp3) is 0.375. The van der Waals surface area contributed by atoms with Crippen LogP contribution in [0.15, 0.2) is 23.0 Å². The molecule has 2 heterocycles. The van der Waals surface area contributed by atoms with Gasteiger partial charge in [0, 0.05) is 21.4 Å². The van der Waals surface area contributed by atoms with Crippen LogP contribution < -0.4 is 11.0 Å². The number of H-pyrrole nitrogens is 1. The SMILES string of the molecule is CC1(C)OB(c2c(C(=O)O)c(=O)[nH]c3ccc(Cl)cc23)OC1(C)C. The zero-order valence-corrected chi connectivity index (χ0v) is 14.5. The van der Waals surface area contributed by atoms with E-state index in [2.05, 4.69) is 4.98 Å². The van der Waals surface area contributed by atoms with E-state index >= 15 is 0 Å². The van der Waals surface area contributed by atoms with Crippen molar-refractivity contribution in [3.63, 3.8) is 0 Å². The molecule has 1 saturated heterocycles. The molecule has 1 fully saturated rings. The number of aromatic amines is 1. The van der Waals surface area contributed by atoms with Gasteiger partial charge in [-0.25, -0.2) is 4.79 Å². The van der Waals surface area contributed by atoms with Crippen molar-refractivity contribution in [2.75, 3.05) is 0 Å². The number of benzene rings is 1. The van der Waals surface area contributed by atoms with E-state index in [-0.39, 0.29) is 5.46 Å². The highest BCUT2D eigenvalue weighted by Gasteiger charge is 2.53. The minimum absolute atomic E-state index is 0.183. The molecule has 0 aliphatic carbocycles. The smallest absolute Gasteiger partial charge is 0.478 e. The minimum atomic E-state index is -1.34. The van der Waals surface area contributed by atoms with Gasteiger partial charge in [-0.3, -0.25) is 4.79 Å². The van der Waals surface area contributed by atoms with E-state index in [1.165, 1.54) is 0 Å². The van der Waals surface area contributed by atoms with Gasteiger partial charge >= 0.3 is 13.1 Å². The van der Waals surface area contributed by atoms with Gasteiger partial charge < -0.3 is 19.4 Å². The van der Waals surface area contributed by atoms with E-state index in [9.17, 15) is 14.7 Å². The first kappa shape index (κ1) is 17.0. The average Bonchev–Trinajstić information content (AvgIpc) is 2.66. The Kier molecular flexibility index (Phi) is 3.79. The monoisotopic (exact) mass is 349 g/mol. The first-order valence-electron chi connectivity index (χ1n) is 7.48. The zero-order valence-electron chi connectivity index (χ0n) is 13.8. The van der Waals surface area contributed by atoms with Gasteiger partial charge in [-0.15, -0.1) is 0 Å². The normalized spacial score (nSPS) is 19.0. The minimum Gasteiger partial charge on any atom is -0.478 e. The molecular weight excluding hydrogens is 332 g/mol. The lowest BCUT2D eigenvalue weighted by Gasteiger charge is -2.32. The molecule has 3 rings (SSSR count). The number of hydrogen-bond acceptors (Lipinski definition) is 4. The van der Waals surface area contributed by atoms with E-state index in [1.807, 2.05) is 27.7 Å². The van der Waals surface area contributed by atoms with Gasteiger partial charge in [-0.05, 0) is 45.9 Å². The Labute approximate surface area is 143 Å². The van der Waals surface area contributed by atoms with Crippen molar-refractivity contribution >= 4 is 41.1 Å². The van der Waals surface area contributed by atoms with Crippen molar-refractivity contribution in [1.82, 2.24) is 4.98 Å². The summed E-state index contributed by atoms with van der Waals surface area (Å²) in [5.74, 6) is -1.34. The lowest BCUT2D eigenvalue weighted by atomic mass is 9.74. The maximum absolute atomic E-state index is 12.3. The van der Waals surface area contributed by atoms with E-state index in [0.717, 1.165) is 0 Å². The van der Waals surface area contributed by atoms with Crippen molar-refractivity contribution in [2.45, 2.75) is 38.9 Å². The van der Waals surface area contributed by atoms with Crippen molar-refractivity contribution in [1.29, 1.82) is 0 Å². The number of rotatable bonds is 2. The summed E-state index contributed by atoms with van der Waals surface area (Å²) in [6.45, 7) is 7.43. The molecule has 1 aromatic heterocycles. The summed E-state index contributed by atoms with van der Waals surface area (Å²) in [7, 11) is -0.982. The van der Waals surface area contributed by atoms with E-state index < -0.39 is 35.4 Å². The molecule has 6 nitrogen and oxygen atoms in total. The first-order valence-corrected chi connectivity index (χ1v) is 7.86. The predicted octanol–water partition coefficient (Wildman–Crippen LogP) is 2.18. The summed E-state index contributed by atoms with van der Waals surface area (Å²) in [5.41, 5.74) is -1.78. The molecule has 0 atom stereocenters. The summed E-state index contributed by atoms with van der Waals surface area (Å²) in [5, 5.41) is 10.4. The summed E-state index contributed by atoms with van der Waals surface area (Å²) in [4.78, 5) is 26.5. The van der Waals surface area contributed by atoms with Crippen molar-refractivity contribution < 1.29 is 19.2 Å². The third-order valence-corrected chi connectivity index (χ3v) is 4.95.